The van der Waals surface area contributed by atoms with Crippen molar-refractivity contribution in [1.29, 1.82) is 5.26 Å². The molecule has 0 saturated carbocycles. The summed E-state index contributed by atoms with van der Waals surface area (Å²) >= 11 is 0. The highest BCUT2D eigenvalue weighted by molar-refractivity contribution is 5.77. The lowest BCUT2D eigenvalue weighted by molar-refractivity contribution is -0.687. The Bertz CT molecular complexity index is 1460. The molecule has 5 aromatic rings. The molecule has 6 heteroatoms. The third kappa shape index (κ3) is 3.72. The van der Waals surface area contributed by atoms with Crippen molar-refractivity contribution in [2.45, 2.75) is 6.54 Å². The van der Waals surface area contributed by atoms with Crippen LogP contribution in [0.15, 0.2) is 85.2 Å². The van der Waals surface area contributed by atoms with Crippen LogP contribution < -0.4 is 4.57 Å². The molecule has 2 heterocycles. The summed E-state index contributed by atoms with van der Waals surface area (Å²) in [5.74, 6) is -1.52. The summed E-state index contributed by atoms with van der Waals surface area (Å²) in [6, 6.07) is 23.7. The molecule has 0 atom stereocenters. The minimum atomic E-state index is -0.915. The first kappa shape index (κ1) is 19.6. The summed E-state index contributed by atoms with van der Waals surface area (Å²) in [5.41, 5.74) is 5.40. The summed E-state index contributed by atoms with van der Waals surface area (Å²) in [5, 5.41) is 8.93. The van der Waals surface area contributed by atoms with Crippen LogP contribution in [0.2, 0.25) is 0 Å². The second kappa shape index (κ2) is 8.05. The monoisotopic (exact) mass is 423 g/mol. The predicted octanol–water partition coefficient (Wildman–Crippen LogP) is 5.38. The van der Waals surface area contributed by atoms with Gasteiger partial charge in [-0.05, 0) is 35.4 Å². The molecule has 0 fully saturated rings. The van der Waals surface area contributed by atoms with Crippen molar-refractivity contribution in [2.24, 2.45) is 0 Å². The number of pyridine rings is 1. The number of nitriles is 1. The zero-order chi connectivity index (χ0) is 22.1. The van der Waals surface area contributed by atoms with Crippen LogP contribution in [0.1, 0.15) is 11.1 Å². The molecule has 3 aromatic carbocycles. The van der Waals surface area contributed by atoms with Crippen LogP contribution in [0.25, 0.3) is 33.5 Å². The molecule has 1 N–H and O–H groups in total. The second-order valence-electron chi connectivity index (χ2n) is 7.49. The van der Waals surface area contributed by atoms with E-state index in [1.165, 1.54) is 12.1 Å². The van der Waals surface area contributed by atoms with Gasteiger partial charge in [0.1, 0.15) is 16.9 Å². The van der Waals surface area contributed by atoms with Crippen LogP contribution in [-0.2, 0) is 6.54 Å². The summed E-state index contributed by atoms with van der Waals surface area (Å²) in [6.07, 6.45) is 3.81. The first-order valence-electron chi connectivity index (χ1n) is 10.0. The van der Waals surface area contributed by atoms with Crippen molar-refractivity contribution >= 4 is 11.0 Å². The molecular weight excluding hydrogens is 406 g/mol. The van der Waals surface area contributed by atoms with Gasteiger partial charge in [-0.15, -0.1) is 0 Å². The Kier molecular flexibility index (Phi) is 4.92. The Hall–Kier alpha value is -4.37. The number of H-pyrrole nitrogens is 1. The molecule has 0 aliphatic heterocycles. The van der Waals surface area contributed by atoms with Gasteiger partial charge < -0.3 is 4.98 Å². The lowest BCUT2D eigenvalue weighted by Crippen LogP contribution is -2.33. The Labute approximate surface area is 183 Å². The number of aromatic nitrogens is 3. The van der Waals surface area contributed by atoms with Crippen LogP contribution in [0.5, 0.6) is 0 Å². The van der Waals surface area contributed by atoms with E-state index >= 15 is 0 Å². The van der Waals surface area contributed by atoms with Gasteiger partial charge in [-0.2, -0.15) is 9.83 Å². The number of nitrogens with one attached hydrogen (secondary N) is 1. The van der Waals surface area contributed by atoms with Gasteiger partial charge in [0.25, 0.3) is 0 Å². The molecule has 0 amide bonds. The summed E-state index contributed by atoms with van der Waals surface area (Å²) < 4.78 is 29.7. The number of hydrogen-bond donors (Lipinski definition) is 1. The first-order chi connectivity index (χ1) is 15.6. The van der Waals surface area contributed by atoms with Crippen molar-refractivity contribution in [3.05, 3.63) is 108 Å². The zero-order valence-electron chi connectivity index (χ0n) is 16.9. The van der Waals surface area contributed by atoms with E-state index < -0.39 is 11.6 Å². The molecule has 0 saturated heterocycles. The van der Waals surface area contributed by atoms with E-state index in [1.54, 1.807) is 0 Å². The van der Waals surface area contributed by atoms with E-state index in [2.05, 4.69) is 40.3 Å². The third-order valence-electron chi connectivity index (χ3n) is 5.35. The van der Waals surface area contributed by atoms with Gasteiger partial charge in [0.15, 0.2) is 30.6 Å². The molecule has 0 unspecified atom stereocenters. The number of rotatable bonds is 4. The fourth-order valence-electron chi connectivity index (χ4n) is 3.66. The topological polar surface area (TPSA) is 56.4 Å². The van der Waals surface area contributed by atoms with Crippen LogP contribution in [0.3, 0.4) is 0 Å². The van der Waals surface area contributed by atoms with Gasteiger partial charge in [-0.3, -0.25) is 0 Å². The number of hydrogen-bond acceptors (Lipinski definition) is 2. The smallest absolute Gasteiger partial charge is 0.195 e. The average molecular weight is 423 g/mol. The highest BCUT2D eigenvalue weighted by Gasteiger charge is 2.15. The Morgan fingerprint density at radius 1 is 0.906 bits per heavy atom. The zero-order valence-corrected chi connectivity index (χ0v) is 16.9. The minimum absolute atomic E-state index is 0.103. The van der Waals surface area contributed by atoms with E-state index in [0.29, 0.717) is 23.4 Å². The Balaban J connectivity index is 1.38. The van der Waals surface area contributed by atoms with Crippen molar-refractivity contribution in [2.75, 3.05) is 0 Å². The number of nitrogens with zero attached hydrogens (tertiary/aromatic N) is 3. The third-order valence-corrected chi connectivity index (χ3v) is 5.35. The SMILES string of the molecule is N#Cc1ccc(-c2ccc(C[n+]3ccc4nc(-c5cccc(F)c5F)[nH]c4c3)cc2)cc1. The van der Waals surface area contributed by atoms with Gasteiger partial charge in [0.05, 0.1) is 17.2 Å². The fourth-order valence-corrected chi connectivity index (χ4v) is 3.66. The highest BCUT2D eigenvalue weighted by atomic mass is 19.2. The number of imidazole rings is 1. The van der Waals surface area contributed by atoms with E-state index in [-0.39, 0.29) is 5.56 Å². The van der Waals surface area contributed by atoms with Crippen LogP contribution in [0, 0.1) is 23.0 Å². The van der Waals surface area contributed by atoms with E-state index in [0.717, 1.165) is 28.3 Å². The maximum absolute atomic E-state index is 14.1. The quantitative estimate of drug-likeness (QED) is 0.395. The first-order valence-corrected chi connectivity index (χ1v) is 10.0. The van der Waals surface area contributed by atoms with Crippen molar-refractivity contribution in [1.82, 2.24) is 9.97 Å². The number of aromatic amines is 1. The van der Waals surface area contributed by atoms with Gasteiger partial charge >= 0.3 is 0 Å². The number of benzene rings is 3. The predicted molar refractivity (Wildman–Crippen MR) is 117 cm³/mol. The minimum Gasteiger partial charge on any atom is -0.333 e. The lowest BCUT2D eigenvalue weighted by atomic mass is 10.0. The lowest BCUT2D eigenvalue weighted by Gasteiger charge is -2.03. The molecule has 0 bridgehead atoms. The van der Waals surface area contributed by atoms with E-state index in [9.17, 15) is 8.78 Å². The molecule has 0 spiro atoms. The number of halogens is 2. The Morgan fingerprint density at radius 3 is 2.34 bits per heavy atom. The second-order valence-corrected chi connectivity index (χ2v) is 7.49. The van der Waals surface area contributed by atoms with Crippen LogP contribution in [0.4, 0.5) is 8.78 Å². The van der Waals surface area contributed by atoms with Gasteiger partial charge in [-0.25, -0.2) is 13.8 Å². The molecule has 4 nitrogen and oxygen atoms in total. The maximum Gasteiger partial charge on any atom is 0.195 e. The largest absolute Gasteiger partial charge is 0.333 e. The molecule has 5 rings (SSSR count). The van der Waals surface area contributed by atoms with Crippen LogP contribution >= 0.6 is 0 Å². The molecule has 154 valence electrons. The summed E-state index contributed by atoms with van der Waals surface area (Å²) in [4.78, 5) is 7.48. The Morgan fingerprint density at radius 2 is 1.62 bits per heavy atom. The molecule has 0 radical (unpaired) electrons. The highest BCUT2D eigenvalue weighted by Crippen LogP contribution is 2.24. The molecule has 0 aliphatic rings. The van der Waals surface area contributed by atoms with E-state index in [4.69, 9.17) is 5.26 Å². The van der Waals surface area contributed by atoms with Crippen LogP contribution in [-0.4, -0.2) is 9.97 Å². The maximum atomic E-state index is 14.1. The fraction of sp³-hybridized carbons (Fsp3) is 0.0385. The van der Waals surface area contributed by atoms with E-state index in [1.807, 2.05) is 47.3 Å². The normalized spacial score (nSPS) is 10.9. The van der Waals surface area contributed by atoms with Crippen molar-refractivity contribution < 1.29 is 13.3 Å². The van der Waals surface area contributed by atoms with Gasteiger partial charge in [-0.1, -0.05) is 42.5 Å². The molecule has 0 aliphatic carbocycles. The van der Waals surface area contributed by atoms with Crippen molar-refractivity contribution in [3.63, 3.8) is 0 Å². The summed E-state index contributed by atoms with van der Waals surface area (Å²) in [6.45, 7) is 0.645. The average Bonchev–Trinajstić information content (AvgIpc) is 3.24. The number of fused-ring (bicyclic) bond motifs is 1. The molecular formula is C26H17F2N4+. The molecule has 32 heavy (non-hydrogen) atoms. The van der Waals surface area contributed by atoms with Gasteiger partial charge in [0.2, 0.25) is 0 Å². The molecule has 2 aromatic heterocycles. The van der Waals surface area contributed by atoms with Gasteiger partial charge in [0, 0.05) is 11.6 Å². The standard InChI is InChI=1S/C26H16F2N4/c27-22-3-1-2-21(25(22)28)26-30-23-12-13-32(16-24(23)31-26)15-18-6-10-20(11-7-18)19-8-4-17(14-29)5-9-19/h1-13,16H,15H2/p+1. The summed E-state index contributed by atoms with van der Waals surface area (Å²) in [7, 11) is 0. The van der Waals surface area contributed by atoms with Crippen molar-refractivity contribution in [3.8, 4) is 28.6 Å².